The predicted molar refractivity (Wildman–Crippen MR) is 126 cm³/mol. The molecule has 0 aliphatic heterocycles. The summed E-state index contributed by atoms with van der Waals surface area (Å²) in [5.74, 6) is -2.08. The van der Waals surface area contributed by atoms with Crippen LogP contribution < -0.4 is 20.5 Å². The highest BCUT2D eigenvalue weighted by molar-refractivity contribution is 7.92. The Hall–Kier alpha value is -3.66. The molecule has 0 fully saturated rings. The Morgan fingerprint density at radius 2 is 1.74 bits per heavy atom. The first-order valence-corrected chi connectivity index (χ1v) is 11.8. The van der Waals surface area contributed by atoms with Crippen LogP contribution in [0, 0.1) is 18.6 Å². The van der Waals surface area contributed by atoms with Crippen LogP contribution >= 0.6 is 0 Å². The fraction of sp³-hybridized carbons (Fsp3) is 0.208. The number of ether oxygens (including phenoxy) is 1. The number of carbonyl (C=O) groups is 1. The number of rotatable bonds is 9. The first-order valence-electron chi connectivity index (χ1n) is 10.4. The molecule has 0 spiro atoms. The van der Waals surface area contributed by atoms with E-state index in [0.717, 1.165) is 12.1 Å². The van der Waals surface area contributed by atoms with E-state index in [2.05, 4.69) is 10.0 Å². The van der Waals surface area contributed by atoms with E-state index in [0.29, 0.717) is 34.5 Å². The van der Waals surface area contributed by atoms with Gasteiger partial charge in [-0.25, -0.2) is 17.2 Å². The highest BCUT2D eigenvalue weighted by Crippen LogP contribution is 2.29. The van der Waals surface area contributed by atoms with Gasteiger partial charge in [0.15, 0.2) is 11.6 Å². The van der Waals surface area contributed by atoms with Crippen molar-refractivity contribution in [2.24, 2.45) is 0 Å². The summed E-state index contributed by atoms with van der Waals surface area (Å²) in [4.78, 5) is 12.1. The molecule has 7 nitrogen and oxygen atoms in total. The van der Waals surface area contributed by atoms with Gasteiger partial charge in [0.25, 0.3) is 10.0 Å². The van der Waals surface area contributed by atoms with Gasteiger partial charge >= 0.3 is 0 Å². The maximum atomic E-state index is 13.3. The highest BCUT2D eigenvalue weighted by Gasteiger charge is 2.21. The second-order valence-corrected chi connectivity index (χ2v) is 9.34. The average Bonchev–Trinajstić information content (AvgIpc) is 2.80. The summed E-state index contributed by atoms with van der Waals surface area (Å²) >= 11 is 0. The van der Waals surface area contributed by atoms with Gasteiger partial charge in [-0.3, -0.25) is 9.52 Å². The Balaban J connectivity index is 1.64. The minimum atomic E-state index is -3.94. The molecule has 34 heavy (non-hydrogen) atoms. The zero-order chi connectivity index (χ0) is 24.9. The third-order valence-corrected chi connectivity index (χ3v) is 6.53. The van der Waals surface area contributed by atoms with Gasteiger partial charge in [0, 0.05) is 18.7 Å². The molecule has 0 aromatic heterocycles. The Morgan fingerprint density at radius 1 is 1.00 bits per heavy atom. The number of aryl methyl sites for hydroxylation is 2. The Labute approximate surface area is 197 Å². The van der Waals surface area contributed by atoms with Crippen molar-refractivity contribution in [1.29, 1.82) is 0 Å². The molecule has 0 unspecified atom stereocenters. The standard InChI is InChI=1S/C24H25F2N3O4S/c1-15-11-18(27)6-8-21(15)29-34(31,32)23-9-4-16(13-22(23)33-2)5-10-24(30)28-14-17-3-7-19(25)20(26)12-17/h3-4,6-9,11-13,29H,5,10,14,27H2,1-2H3,(H,28,30). The van der Waals surface area contributed by atoms with E-state index in [1.165, 1.54) is 19.2 Å². The summed E-state index contributed by atoms with van der Waals surface area (Å²) in [5, 5.41) is 2.64. The molecule has 0 heterocycles. The number of nitrogens with two attached hydrogens (primary N) is 1. The summed E-state index contributed by atoms with van der Waals surface area (Å²) < 4.78 is 59.9. The molecule has 4 N–H and O–H groups in total. The van der Waals surface area contributed by atoms with Gasteiger partial charge in [-0.2, -0.15) is 0 Å². The normalized spacial score (nSPS) is 11.2. The number of nitrogens with one attached hydrogen (secondary N) is 2. The van der Waals surface area contributed by atoms with E-state index < -0.39 is 21.7 Å². The molecule has 0 saturated heterocycles. The lowest BCUT2D eigenvalue weighted by molar-refractivity contribution is -0.121. The van der Waals surface area contributed by atoms with Gasteiger partial charge in [-0.1, -0.05) is 12.1 Å². The number of hydrogen-bond acceptors (Lipinski definition) is 5. The maximum Gasteiger partial charge on any atom is 0.265 e. The molecule has 180 valence electrons. The van der Waals surface area contributed by atoms with Crippen LogP contribution in [0.5, 0.6) is 5.75 Å². The van der Waals surface area contributed by atoms with Gasteiger partial charge in [-0.05, 0) is 72.5 Å². The first-order chi connectivity index (χ1) is 16.1. The fourth-order valence-corrected chi connectivity index (χ4v) is 4.57. The second kappa shape index (κ2) is 10.5. The van der Waals surface area contributed by atoms with E-state index in [1.54, 1.807) is 37.3 Å². The van der Waals surface area contributed by atoms with Crippen LogP contribution in [0.1, 0.15) is 23.1 Å². The molecule has 0 atom stereocenters. The second-order valence-electron chi connectivity index (χ2n) is 7.69. The smallest absolute Gasteiger partial charge is 0.265 e. The van der Waals surface area contributed by atoms with Crippen LogP contribution in [0.3, 0.4) is 0 Å². The van der Waals surface area contributed by atoms with Crippen molar-refractivity contribution in [3.63, 3.8) is 0 Å². The summed E-state index contributed by atoms with van der Waals surface area (Å²) in [6.07, 6.45) is 0.437. The third-order valence-electron chi connectivity index (χ3n) is 5.13. The maximum absolute atomic E-state index is 13.3. The average molecular weight is 490 g/mol. The summed E-state index contributed by atoms with van der Waals surface area (Å²) in [7, 11) is -2.58. The van der Waals surface area contributed by atoms with Gasteiger partial charge in [-0.15, -0.1) is 0 Å². The fourth-order valence-electron chi connectivity index (χ4n) is 3.29. The lowest BCUT2D eigenvalue weighted by atomic mass is 10.1. The lowest BCUT2D eigenvalue weighted by Crippen LogP contribution is -2.23. The number of hydrogen-bond donors (Lipinski definition) is 3. The SMILES string of the molecule is COc1cc(CCC(=O)NCc2ccc(F)c(F)c2)ccc1S(=O)(=O)Nc1ccc(N)cc1C. The first kappa shape index (κ1) is 25.0. The van der Waals surface area contributed by atoms with Gasteiger partial charge < -0.3 is 15.8 Å². The number of carbonyl (C=O) groups excluding carboxylic acids is 1. The van der Waals surface area contributed by atoms with Crippen LogP contribution in [0.4, 0.5) is 20.2 Å². The molecule has 0 bridgehead atoms. The zero-order valence-electron chi connectivity index (χ0n) is 18.7. The van der Waals surface area contributed by atoms with E-state index in [1.807, 2.05) is 0 Å². The van der Waals surface area contributed by atoms with Crippen molar-refractivity contribution >= 4 is 27.3 Å². The number of sulfonamides is 1. The molecule has 0 aliphatic carbocycles. The van der Waals surface area contributed by atoms with Crippen LogP contribution in [0.15, 0.2) is 59.5 Å². The number of amides is 1. The molecular weight excluding hydrogens is 464 g/mol. The number of anilines is 2. The van der Waals surface area contributed by atoms with Gasteiger partial charge in [0.05, 0.1) is 12.8 Å². The highest BCUT2D eigenvalue weighted by atomic mass is 32.2. The van der Waals surface area contributed by atoms with E-state index >= 15 is 0 Å². The van der Waals surface area contributed by atoms with Crippen molar-refractivity contribution < 1.29 is 26.7 Å². The van der Waals surface area contributed by atoms with Crippen molar-refractivity contribution in [2.75, 3.05) is 17.6 Å². The molecule has 1 amide bonds. The van der Waals surface area contributed by atoms with Gasteiger partial charge in [0.2, 0.25) is 5.91 Å². The molecule has 3 aromatic rings. The molecule has 0 aliphatic rings. The van der Waals surface area contributed by atoms with E-state index in [-0.39, 0.29) is 29.5 Å². The molecule has 3 rings (SSSR count). The van der Waals surface area contributed by atoms with Crippen molar-refractivity contribution in [1.82, 2.24) is 5.32 Å². The quantitative estimate of drug-likeness (QED) is 0.395. The monoisotopic (exact) mass is 489 g/mol. The van der Waals surface area contributed by atoms with E-state index in [9.17, 15) is 22.0 Å². The summed E-state index contributed by atoms with van der Waals surface area (Å²) in [5.41, 5.74) is 8.45. The Kier molecular flexibility index (Phi) is 7.72. The van der Waals surface area contributed by atoms with Crippen molar-refractivity contribution in [2.45, 2.75) is 31.2 Å². The molecule has 0 saturated carbocycles. The van der Waals surface area contributed by atoms with Crippen LogP contribution in [-0.4, -0.2) is 21.4 Å². The summed E-state index contributed by atoms with van der Waals surface area (Å²) in [6.45, 7) is 1.80. The molecule has 0 radical (unpaired) electrons. The zero-order valence-corrected chi connectivity index (χ0v) is 19.5. The van der Waals surface area contributed by atoms with Crippen LogP contribution in [0.25, 0.3) is 0 Å². The van der Waals surface area contributed by atoms with Crippen molar-refractivity contribution in [3.8, 4) is 5.75 Å². The Bertz CT molecular complexity index is 1310. The summed E-state index contributed by atoms with van der Waals surface area (Å²) in [6, 6.07) is 12.9. The minimum Gasteiger partial charge on any atom is -0.495 e. The molecule has 10 heteroatoms. The molecule has 3 aromatic carbocycles. The molecular formula is C24H25F2N3O4S. The van der Waals surface area contributed by atoms with Crippen molar-refractivity contribution in [3.05, 3.63) is 82.9 Å². The largest absolute Gasteiger partial charge is 0.495 e. The van der Waals surface area contributed by atoms with Crippen LogP contribution in [0.2, 0.25) is 0 Å². The lowest BCUT2D eigenvalue weighted by Gasteiger charge is -2.14. The third kappa shape index (κ3) is 6.22. The van der Waals surface area contributed by atoms with Gasteiger partial charge in [0.1, 0.15) is 10.6 Å². The number of benzene rings is 3. The Morgan fingerprint density at radius 3 is 2.41 bits per heavy atom. The number of nitrogen functional groups attached to an aromatic ring is 1. The topological polar surface area (TPSA) is 111 Å². The number of methoxy groups -OCH3 is 1. The minimum absolute atomic E-state index is 0.0437. The van der Waals surface area contributed by atoms with Crippen LogP contribution in [-0.2, 0) is 27.8 Å². The predicted octanol–water partition coefficient (Wildman–Crippen LogP) is 3.91. The van der Waals surface area contributed by atoms with E-state index in [4.69, 9.17) is 10.5 Å². The number of halogens is 2.